The fourth-order valence-electron chi connectivity index (χ4n) is 2.14. The maximum Gasteiger partial charge on any atom is 0.337 e. The maximum absolute atomic E-state index is 11.4. The fraction of sp³-hybridized carbons (Fsp3) is 0.0556. The highest BCUT2D eigenvalue weighted by Gasteiger charge is 2.05. The molecule has 0 aliphatic carbocycles. The van der Waals surface area contributed by atoms with Gasteiger partial charge >= 0.3 is 5.97 Å². The predicted octanol–water partition coefficient (Wildman–Crippen LogP) is 4.40. The highest BCUT2D eigenvalue weighted by molar-refractivity contribution is 6.30. The molecule has 6 nitrogen and oxygen atoms in total. The van der Waals surface area contributed by atoms with Crippen molar-refractivity contribution in [3.8, 4) is 0 Å². The second-order valence-corrected chi connectivity index (χ2v) is 5.53. The SMILES string of the molecule is COC(=O)c1ccc(Nc2ccnc(Nc3cccc(Cl)c3)n2)cc1. The van der Waals surface area contributed by atoms with Crippen LogP contribution in [-0.2, 0) is 4.74 Å². The Kier molecular flexibility index (Phi) is 5.11. The molecule has 0 unspecified atom stereocenters. The van der Waals surface area contributed by atoms with Crippen LogP contribution in [0.25, 0.3) is 0 Å². The van der Waals surface area contributed by atoms with Gasteiger partial charge in [0.1, 0.15) is 5.82 Å². The molecule has 0 spiro atoms. The minimum atomic E-state index is -0.374. The van der Waals surface area contributed by atoms with E-state index in [-0.39, 0.29) is 5.97 Å². The number of carbonyl (C=O) groups is 1. The Morgan fingerprint density at radius 2 is 1.84 bits per heavy atom. The number of ether oxygens (including phenoxy) is 1. The first-order valence-electron chi connectivity index (χ1n) is 7.45. The molecule has 0 saturated carbocycles. The molecule has 0 atom stereocenters. The number of halogens is 1. The number of carbonyl (C=O) groups excluding carboxylic acids is 1. The van der Waals surface area contributed by atoms with E-state index in [4.69, 9.17) is 11.6 Å². The van der Waals surface area contributed by atoms with Crippen LogP contribution >= 0.6 is 11.6 Å². The normalized spacial score (nSPS) is 10.2. The van der Waals surface area contributed by atoms with Crippen LogP contribution in [0.3, 0.4) is 0 Å². The van der Waals surface area contributed by atoms with Crippen LogP contribution < -0.4 is 10.6 Å². The molecule has 0 fully saturated rings. The molecule has 3 rings (SSSR count). The molecule has 1 heterocycles. The lowest BCUT2D eigenvalue weighted by molar-refractivity contribution is 0.0601. The van der Waals surface area contributed by atoms with Gasteiger partial charge in [0.2, 0.25) is 5.95 Å². The van der Waals surface area contributed by atoms with Gasteiger partial charge in [-0.2, -0.15) is 4.98 Å². The van der Waals surface area contributed by atoms with E-state index >= 15 is 0 Å². The Labute approximate surface area is 149 Å². The van der Waals surface area contributed by atoms with Gasteiger partial charge in [0.25, 0.3) is 0 Å². The van der Waals surface area contributed by atoms with E-state index in [1.54, 1.807) is 48.7 Å². The highest BCUT2D eigenvalue weighted by Crippen LogP contribution is 2.20. The van der Waals surface area contributed by atoms with Crippen LogP contribution in [0.4, 0.5) is 23.1 Å². The number of esters is 1. The molecule has 7 heteroatoms. The summed E-state index contributed by atoms with van der Waals surface area (Å²) in [5.74, 6) is 0.686. The summed E-state index contributed by atoms with van der Waals surface area (Å²) in [7, 11) is 1.35. The lowest BCUT2D eigenvalue weighted by atomic mass is 10.2. The molecule has 0 amide bonds. The van der Waals surface area contributed by atoms with E-state index in [1.807, 2.05) is 12.1 Å². The molecule has 0 aliphatic rings. The van der Waals surface area contributed by atoms with E-state index in [0.29, 0.717) is 22.4 Å². The molecule has 0 aliphatic heterocycles. The van der Waals surface area contributed by atoms with Gasteiger partial charge in [-0.3, -0.25) is 0 Å². The van der Waals surface area contributed by atoms with Crippen molar-refractivity contribution in [3.05, 3.63) is 71.4 Å². The van der Waals surface area contributed by atoms with Crippen LogP contribution in [-0.4, -0.2) is 23.0 Å². The zero-order valence-corrected chi connectivity index (χ0v) is 14.1. The highest BCUT2D eigenvalue weighted by atomic mass is 35.5. The summed E-state index contributed by atoms with van der Waals surface area (Å²) >= 11 is 5.97. The van der Waals surface area contributed by atoms with Crippen molar-refractivity contribution in [1.29, 1.82) is 0 Å². The van der Waals surface area contributed by atoms with Crippen molar-refractivity contribution in [1.82, 2.24) is 9.97 Å². The number of rotatable bonds is 5. The third-order valence-corrected chi connectivity index (χ3v) is 3.55. The minimum Gasteiger partial charge on any atom is -0.465 e. The molecule has 1 aromatic heterocycles. The fourth-order valence-corrected chi connectivity index (χ4v) is 2.33. The third kappa shape index (κ3) is 4.45. The van der Waals surface area contributed by atoms with Gasteiger partial charge in [0.05, 0.1) is 12.7 Å². The van der Waals surface area contributed by atoms with Gasteiger partial charge < -0.3 is 15.4 Å². The number of hydrogen-bond acceptors (Lipinski definition) is 6. The van der Waals surface area contributed by atoms with Crippen molar-refractivity contribution < 1.29 is 9.53 Å². The average molecular weight is 355 g/mol. The smallest absolute Gasteiger partial charge is 0.337 e. The number of hydrogen-bond donors (Lipinski definition) is 2. The number of benzene rings is 2. The van der Waals surface area contributed by atoms with Crippen molar-refractivity contribution in [2.75, 3.05) is 17.7 Å². The van der Waals surface area contributed by atoms with E-state index < -0.39 is 0 Å². The van der Waals surface area contributed by atoms with Crippen molar-refractivity contribution in [3.63, 3.8) is 0 Å². The lowest BCUT2D eigenvalue weighted by Gasteiger charge is -2.09. The summed E-state index contributed by atoms with van der Waals surface area (Å²) in [5, 5.41) is 6.88. The monoisotopic (exact) mass is 354 g/mol. The molecule has 0 bridgehead atoms. The Bertz CT molecular complexity index is 884. The van der Waals surface area contributed by atoms with E-state index in [9.17, 15) is 4.79 Å². The number of anilines is 4. The van der Waals surface area contributed by atoms with E-state index in [0.717, 1.165) is 11.4 Å². The predicted molar refractivity (Wildman–Crippen MR) is 97.8 cm³/mol. The van der Waals surface area contributed by atoms with E-state index in [2.05, 4.69) is 25.3 Å². The number of aromatic nitrogens is 2. The van der Waals surface area contributed by atoms with Gasteiger partial charge in [0, 0.05) is 22.6 Å². The largest absolute Gasteiger partial charge is 0.465 e. The molecule has 0 radical (unpaired) electrons. The van der Waals surface area contributed by atoms with Crippen LogP contribution in [0.15, 0.2) is 60.8 Å². The quantitative estimate of drug-likeness (QED) is 0.661. The molecular formula is C18H15ClN4O2. The zero-order chi connectivity index (χ0) is 17.6. The molecule has 2 aromatic carbocycles. The second-order valence-electron chi connectivity index (χ2n) is 5.09. The lowest BCUT2D eigenvalue weighted by Crippen LogP contribution is -2.02. The summed E-state index contributed by atoms with van der Waals surface area (Å²) in [6.45, 7) is 0. The van der Waals surface area contributed by atoms with Crippen molar-refractivity contribution >= 4 is 40.7 Å². The maximum atomic E-state index is 11.4. The van der Waals surface area contributed by atoms with Crippen LogP contribution in [0.2, 0.25) is 5.02 Å². The first-order chi connectivity index (χ1) is 12.1. The molecular weight excluding hydrogens is 340 g/mol. The summed E-state index contributed by atoms with van der Waals surface area (Å²) in [4.78, 5) is 20.0. The number of nitrogens with one attached hydrogen (secondary N) is 2. The standard InChI is InChI=1S/C18H15ClN4O2/c1-25-17(24)12-5-7-14(8-6-12)21-16-9-10-20-18(23-16)22-15-4-2-3-13(19)11-15/h2-11H,1H3,(H2,20,21,22,23). The van der Waals surface area contributed by atoms with Gasteiger partial charge in [-0.05, 0) is 48.5 Å². The summed E-state index contributed by atoms with van der Waals surface area (Å²) in [6.07, 6.45) is 1.64. The van der Waals surface area contributed by atoms with E-state index in [1.165, 1.54) is 7.11 Å². The van der Waals surface area contributed by atoms with Crippen LogP contribution in [0, 0.1) is 0 Å². The summed E-state index contributed by atoms with van der Waals surface area (Å²) in [5.41, 5.74) is 2.08. The van der Waals surface area contributed by atoms with Crippen LogP contribution in [0.5, 0.6) is 0 Å². The Hall–Kier alpha value is -3.12. The first-order valence-corrected chi connectivity index (χ1v) is 7.83. The Balaban J connectivity index is 1.72. The van der Waals surface area contributed by atoms with Gasteiger partial charge in [0.15, 0.2) is 0 Å². The van der Waals surface area contributed by atoms with Crippen LogP contribution in [0.1, 0.15) is 10.4 Å². The Morgan fingerprint density at radius 1 is 1.04 bits per heavy atom. The molecule has 3 aromatic rings. The Morgan fingerprint density at radius 3 is 2.56 bits per heavy atom. The van der Waals surface area contributed by atoms with Crippen molar-refractivity contribution in [2.45, 2.75) is 0 Å². The molecule has 25 heavy (non-hydrogen) atoms. The number of nitrogens with zero attached hydrogens (tertiary/aromatic N) is 2. The van der Waals surface area contributed by atoms with Gasteiger partial charge in [-0.25, -0.2) is 9.78 Å². The van der Waals surface area contributed by atoms with Gasteiger partial charge in [-0.1, -0.05) is 17.7 Å². The molecule has 2 N–H and O–H groups in total. The summed E-state index contributed by atoms with van der Waals surface area (Å²) < 4.78 is 4.68. The third-order valence-electron chi connectivity index (χ3n) is 3.31. The van der Waals surface area contributed by atoms with Crippen molar-refractivity contribution in [2.24, 2.45) is 0 Å². The summed E-state index contributed by atoms with van der Waals surface area (Å²) in [6, 6.07) is 16.0. The topological polar surface area (TPSA) is 76.1 Å². The molecule has 0 saturated heterocycles. The first kappa shape index (κ1) is 16.7. The number of methoxy groups -OCH3 is 1. The molecule has 126 valence electrons. The second kappa shape index (κ2) is 7.63. The minimum absolute atomic E-state index is 0.374. The van der Waals surface area contributed by atoms with Gasteiger partial charge in [-0.15, -0.1) is 0 Å². The zero-order valence-electron chi connectivity index (χ0n) is 13.4. The average Bonchev–Trinajstić information content (AvgIpc) is 2.62.